The minimum absolute atomic E-state index is 0.460. The molecule has 0 N–H and O–H groups in total. The third-order valence-electron chi connectivity index (χ3n) is 4.11. The molecule has 0 saturated heterocycles. The van der Waals surface area contributed by atoms with Crippen molar-refractivity contribution in [3.05, 3.63) is 83.7 Å². The maximum Gasteiger partial charge on any atom is 0.194 e. The van der Waals surface area contributed by atoms with Gasteiger partial charge in [0.25, 0.3) is 0 Å². The van der Waals surface area contributed by atoms with E-state index in [1.54, 1.807) is 21.8 Å². The van der Waals surface area contributed by atoms with E-state index in [2.05, 4.69) is 52.7 Å². The Morgan fingerprint density at radius 2 is 1.77 bits per heavy atom. The van der Waals surface area contributed by atoms with Gasteiger partial charge in [-0.2, -0.15) is 15.0 Å². The van der Waals surface area contributed by atoms with Gasteiger partial charge in [-0.1, -0.05) is 65.4 Å². The molecule has 6 heteroatoms. The van der Waals surface area contributed by atoms with Crippen LogP contribution in [0, 0.1) is 18.3 Å². The molecule has 26 heavy (non-hydrogen) atoms. The minimum Gasteiger partial charge on any atom is -0.265 e. The summed E-state index contributed by atoms with van der Waals surface area (Å²) in [4.78, 5) is 0. The highest BCUT2D eigenvalue weighted by Crippen LogP contribution is 2.18. The van der Waals surface area contributed by atoms with Crippen LogP contribution in [0.2, 0.25) is 0 Å². The van der Waals surface area contributed by atoms with Crippen LogP contribution in [0.4, 0.5) is 0 Å². The second kappa shape index (κ2) is 6.65. The molecule has 0 saturated carbocycles. The van der Waals surface area contributed by atoms with Crippen LogP contribution in [0.25, 0.3) is 17.1 Å². The molecule has 0 aliphatic heterocycles. The SMILES string of the molecule is Cc1ccc(Cn2cc(C#N)c(-n3cc(-c4ccccc4)nn3)n2)cc1. The highest BCUT2D eigenvalue weighted by atomic mass is 15.5. The summed E-state index contributed by atoms with van der Waals surface area (Å²) in [5.41, 5.74) is 4.50. The van der Waals surface area contributed by atoms with Gasteiger partial charge in [-0.25, -0.2) is 0 Å². The molecule has 4 rings (SSSR count). The van der Waals surface area contributed by atoms with Crippen molar-refractivity contribution >= 4 is 0 Å². The number of rotatable bonds is 4. The Bertz CT molecular complexity index is 1070. The van der Waals surface area contributed by atoms with Gasteiger partial charge in [0.05, 0.1) is 12.7 Å². The molecular formula is C20H16N6. The van der Waals surface area contributed by atoms with Crippen LogP contribution >= 0.6 is 0 Å². The largest absolute Gasteiger partial charge is 0.265 e. The highest BCUT2D eigenvalue weighted by Gasteiger charge is 2.14. The van der Waals surface area contributed by atoms with Gasteiger partial charge >= 0.3 is 0 Å². The zero-order valence-electron chi connectivity index (χ0n) is 14.2. The molecule has 6 nitrogen and oxygen atoms in total. The zero-order valence-corrected chi connectivity index (χ0v) is 14.2. The number of nitriles is 1. The van der Waals surface area contributed by atoms with E-state index in [1.165, 1.54) is 5.56 Å². The monoisotopic (exact) mass is 340 g/mol. The minimum atomic E-state index is 0.460. The summed E-state index contributed by atoms with van der Waals surface area (Å²) in [7, 11) is 0. The molecule has 0 aliphatic rings. The average molecular weight is 340 g/mol. The first-order chi connectivity index (χ1) is 12.7. The van der Waals surface area contributed by atoms with Gasteiger partial charge < -0.3 is 0 Å². The number of aryl methyl sites for hydroxylation is 1. The van der Waals surface area contributed by atoms with Gasteiger partial charge in [0.2, 0.25) is 0 Å². The average Bonchev–Trinajstić information content (AvgIpc) is 3.31. The second-order valence-corrected chi connectivity index (χ2v) is 6.08. The van der Waals surface area contributed by atoms with E-state index in [9.17, 15) is 5.26 Å². The third-order valence-corrected chi connectivity index (χ3v) is 4.11. The Morgan fingerprint density at radius 3 is 2.50 bits per heavy atom. The fraction of sp³-hybridized carbons (Fsp3) is 0.100. The normalized spacial score (nSPS) is 10.6. The first-order valence-corrected chi connectivity index (χ1v) is 8.24. The van der Waals surface area contributed by atoms with E-state index < -0.39 is 0 Å². The summed E-state index contributed by atoms with van der Waals surface area (Å²) in [5, 5.41) is 22.3. The molecular weight excluding hydrogens is 324 g/mol. The number of aromatic nitrogens is 5. The molecule has 0 amide bonds. The van der Waals surface area contributed by atoms with Crippen LogP contribution in [0.15, 0.2) is 67.0 Å². The van der Waals surface area contributed by atoms with Crippen molar-refractivity contribution in [2.75, 3.05) is 0 Å². The topological polar surface area (TPSA) is 72.3 Å². The summed E-state index contributed by atoms with van der Waals surface area (Å²) in [6.07, 6.45) is 3.52. The van der Waals surface area contributed by atoms with Crippen LogP contribution in [0.3, 0.4) is 0 Å². The molecule has 2 aromatic heterocycles. The summed E-state index contributed by atoms with van der Waals surface area (Å²) >= 11 is 0. The van der Waals surface area contributed by atoms with E-state index in [0.717, 1.165) is 16.8 Å². The molecule has 4 aromatic rings. The fourth-order valence-electron chi connectivity index (χ4n) is 2.73. The summed E-state index contributed by atoms with van der Waals surface area (Å²) in [6.45, 7) is 2.65. The van der Waals surface area contributed by atoms with Crippen LogP contribution in [-0.2, 0) is 6.54 Å². The van der Waals surface area contributed by atoms with Gasteiger partial charge in [0.15, 0.2) is 5.82 Å². The number of nitrogens with zero attached hydrogens (tertiary/aromatic N) is 6. The Labute approximate surface area is 150 Å². The van der Waals surface area contributed by atoms with Crippen molar-refractivity contribution in [2.45, 2.75) is 13.5 Å². The van der Waals surface area contributed by atoms with Crippen molar-refractivity contribution in [1.29, 1.82) is 5.26 Å². The molecule has 0 fully saturated rings. The molecule has 0 aliphatic carbocycles. The second-order valence-electron chi connectivity index (χ2n) is 6.08. The maximum atomic E-state index is 9.45. The van der Waals surface area contributed by atoms with Crippen molar-refractivity contribution < 1.29 is 0 Å². The summed E-state index contributed by atoms with van der Waals surface area (Å²) in [6, 6.07) is 20.2. The molecule has 2 aromatic carbocycles. The highest BCUT2D eigenvalue weighted by molar-refractivity contribution is 5.58. The first-order valence-electron chi connectivity index (χ1n) is 8.24. The Kier molecular flexibility index (Phi) is 4.04. The molecule has 0 radical (unpaired) electrons. The van der Waals surface area contributed by atoms with Gasteiger partial charge in [-0.3, -0.25) is 4.68 Å². The molecule has 2 heterocycles. The Balaban J connectivity index is 1.65. The zero-order chi connectivity index (χ0) is 17.9. The van der Waals surface area contributed by atoms with Gasteiger partial charge in [0, 0.05) is 11.8 Å². The van der Waals surface area contributed by atoms with Gasteiger partial charge in [-0.15, -0.1) is 5.10 Å². The first kappa shape index (κ1) is 15.8. The summed E-state index contributed by atoms with van der Waals surface area (Å²) < 4.78 is 3.30. The fourth-order valence-corrected chi connectivity index (χ4v) is 2.73. The van der Waals surface area contributed by atoms with E-state index in [-0.39, 0.29) is 0 Å². The molecule has 0 atom stereocenters. The van der Waals surface area contributed by atoms with Crippen molar-refractivity contribution in [3.8, 4) is 23.1 Å². The Hall–Kier alpha value is -3.72. The van der Waals surface area contributed by atoms with Crippen LogP contribution in [-0.4, -0.2) is 24.8 Å². The van der Waals surface area contributed by atoms with Gasteiger partial charge in [0.1, 0.15) is 17.3 Å². The van der Waals surface area contributed by atoms with Gasteiger partial charge in [-0.05, 0) is 12.5 Å². The lowest BCUT2D eigenvalue weighted by Crippen LogP contribution is -2.03. The predicted molar refractivity (Wildman–Crippen MR) is 97.6 cm³/mol. The lowest BCUT2D eigenvalue weighted by atomic mass is 10.1. The molecule has 126 valence electrons. The van der Waals surface area contributed by atoms with E-state index in [0.29, 0.717) is 17.9 Å². The standard InChI is InChI=1S/C20H16N6/c1-15-7-9-16(10-8-15)12-25-13-18(11-21)20(23-25)26-14-19(22-24-26)17-5-3-2-4-6-17/h2-10,13-14H,12H2,1H3. The number of hydrogen-bond acceptors (Lipinski definition) is 4. The van der Waals surface area contributed by atoms with Crippen molar-refractivity contribution in [3.63, 3.8) is 0 Å². The van der Waals surface area contributed by atoms with Crippen molar-refractivity contribution in [1.82, 2.24) is 24.8 Å². The predicted octanol–water partition coefficient (Wildman–Crippen LogP) is 3.36. The van der Waals surface area contributed by atoms with E-state index >= 15 is 0 Å². The van der Waals surface area contributed by atoms with Crippen LogP contribution in [0.5, 0.6) is 0 Å². The van der Waals surface area contributed by atoms with E-state index in [1.807, 2.05) is 30.3 Å². The van der Waals surface area contributed by atoms with Crippen LogP contribution < -0.4 is 0 Å². The quantitative estimate of drug-likeness (QED) is 0.571. The number of benzene rings is 2. The lowest BCUT2D eigenvalue weighted by molar-refractivity contribution is 0.663. The van der Waals surface area contributed by atoms with Crippen molar-refractivity contribution in [2.24, 2.45) is 0 Å². The Morgan fingerprint density at radius 1 is 1.00 bits per heavy atom. The summed E-state index contributed by atoms with van der Waals surface area (Å²) in [5.74, 6) is 0.481. The number of hydrogen-bond donors (Lipinski definition) is 0. The lowest BCUT2D eigenvalue weighted by Gasteiger charge is -2.02. The van der Waals surface area contributed by atoms with Crippen LogP contribution in [0.1, 0.15) is 16.7 Å². The third kappa shape index (κ3) is 3.10. The maximum absolute atomic E-state index is 9.45. The molecule has 0 unspecified atom stereocenters. The molecule has 0 spiro atoms. The van der Waals surface area contributed by atoms with E-state index in [4.69, 9.17) is 0 Å². The smallest absolute Gasteiger partial charge is 0.194 e. The molecule has 0 bridgehead atoms.